The number of carboxylic acids is 1. The van der Waals surface area contributed by atoms with Gasteiger partial charge in [0.2, 0.25) is 0 Å². The number of carbonyl (C=O) groups excluding carboxylic acids is 1. The molecule has 3 fully saturated rings. The Morgan fingerprint density at radius 1 is 1.23 bits per heavy atom. The third kappa shape index (κ3) is 3.01. The highest BCUT2D eigenvalue weighted by Gasteiger charge is 2.78. The lowest BCUT2D eigenvalue weighted by molar-refractivity contribution is -0.365. The minimum absolute atomic E-state index is 0.000589. The Morgan fingerprint density at radius 2 is 1.73 bits per heavy atom. The van der Waals surface area contributed by atoms with Crippen LogP contribution in [0.2, 0.25) is 0 Å². The fourth-order valence-electron chi connectivity index (χ4n) is 3.60. The zero-order valence-corrected chi connectivity index (χ0v) is 12.7. The van der Waals surface area contributed by atoms with Crippen molar-refractivity contribution in [3.63, 3.8) is 0 Å². The van der Waals surface area contributed by atoms with Crippen LogP contribution in [-0.4, -0.2) is 35.0 Å². The molecule has 126 valence electrons. The smallest absolute Gasteiger partial charge is 0.408 e. The molecule has 3 aliphatic carbocycles. The Bertz CT molecular complexity index is 476. The van der Waals surface area contributed by atoms with Gasteiger partial charge in [0.1, 0.15) is 11.6 Å². The van der Waals surface area contributed by atoms with E-state index in [2.05, 4.69) is 5.32 Å². The number of alkyl carbamates (subject to hydrolysis) is 1. The molecule has 1 atom stereocenters. The molecule has 1 amide bonds. The number of nitrogens with one attached hydrogen (secondary N) is 1. The Balaban J connectivity index is 1.91. The summed E-state index contributed by atoms with van der Waals surface area (Å²) in [5, 5.41) is 11.4. The first-order chi connectivity index (χ1) is 9.78. The molecule has 0 aromatic heterocycles. The molecule has 0 aliphatic heterocycles. The SMILES string of the molecule is CC(C)(C)OC(=O)N[C@H](CC12CC(C(F)(F)F)(C1)C2)C(=O)O. The van der Waals surface area contributed by atoms with Crippen molar-refractivity contribution in [1.29, 1.82) is 0 Å². The van der Waals surface area contributed by atoms with Crippen molar-refractivity contribution >= 4 is 12.1 Å². The maximum absolute atomic E-state index is 12.8. The molecule has 0 heterocycles. The van der Waals surface area contributed by atoms with Crippen molar-refractivity contribution in [1.82, 2.24) is 5.32 Å². The van der Waals surface area contributed by atoms with E-state index >= 15 is 0 Å². The molecule has 0 spiro atoms. The van der Waals surface area contributed by atoms with Crippen molar-refractivity contribution in [2.45, 2.75) is 64.3 Å². The van der Waals surface area contributed by atoms with Crippen molar-refractivity contribution in [2.24, 2.45) is 10.8 Å². The lowest BCUT2D eigenvalue weighted by atomic mass is 9.33. The van der Waals surface area contributed by atoms with E-state index < -0.39 is 40.7 Å². The minimum atomic E-state index is -4.23. The number of carboxylic acid groups (broad SMARTS) is 1. The number of halogens is 3. The normalized spacial score (nSPS) is 31.5. The highest BCUT2D eigenvalue weighted by atomic mass is 19.4. The van der Waals surface area contributed by atoms with Crippen molar-refractivity contribution in [3.8, 4) is 0 Å². The van der Waals surface area contributed by atoms with Crippen LogP contribution in [0.1, 0.15) is 46.5 Å². The third-order valence-electron chi connectivity index (χ3n) is 4.37. The average Bonchev–Trinajstić information content (AvgIpc) is 2.13. The molecule has 0 radical (unpaired) electrons. The summed E-state index contributed by atoms with van der Waals surface area (Å²) >= 11 is 0. The van der Waals surface area contributed by atoms with Gasteiger partial charge in [0, 0.05) is 0 Å². The molecule has 3 rings (SSSR count). The number of alkyl halides is 3. The summed E-state index contributed by atoms with van der Waals surface area (Å²) < 4.78 is 43.3. The zero-order valence-electron chi connectivity index (χ0n) is 12.7. The van der Waals surface area contributed by atoms with Gasteiger partial charge in [-0.3, -0.25) is 0 Å². The van der Waals surface area contributed by atoms with Crippen LogP contribution in [0.15, 0.2) is 0 Å². The number of carbonyl (C=O) groups is 2. The minimum Gasteiger partial charge on any atom is -0.480 e. The third-order valence-corrected chi connectivity index (χ3v) is 4.37. The van der Waals surface area contributed by atoms with Crippen molar-refractivity contribution in [3.05, 3.63) is 0 Å². The fourth-order valence-corrected chi connectivity index (χ4v) is 3.60. The number of rotatable bonds is 4. The number of ether oxygens (including phenoxy) is 1. The monoisotopic (exact) mass is 323 g/mol. The first kappa shape index (κ1) is 16.9. The molecule has 2 bridgehead atoms. The molecule has 0 aromatic carbocycles. The van der Waals surface area contributed by atoms with Crippen LogP contribution in [0, 0.1) is 10.8 Å². The molecule has 22 heavy (non-hydrogen) atoms. The number of amides is 1. The zero-order chi connectivity index (χ0) is 17.0. The van der Waals surface area contributed by atoms with Crippen LogP contribution in [0.25, 0.3) is 0 Å². The van der Waals surface area contributed by atoms with E-state index in [0.29, 0.717) is 0 Å². The Hall–Kier alpha value is -1.47. The maximum atomic E-state index is 12.8. The molecule has 8 heteroatoms. The van der Waals surface area contributed by atoms with Crippen molar-refractivity contribution < 1.29 is 32.6 Å². The molecular formula is C14H20F3NO4. The highest BCUT2D eigenvalue weighted by molar-refractivity contribution is 5.80. The molecule has 3 saturated carbocycles. The molecule has 5 nitrogen and oxygen atoms in total. The summed E-state index contributed by atoms with van der Waals surface area (Å²) in [4.78, 5) is 22.8. The second kappa shape index (κ2) is 4.76. The van der Waals surface area contributed by atoms with Gasteiger partial charge in [-0.2, -0.15) is 13.2 Å². The summed E-state index contributed by atoms with van der Waals surface area (Å²) in [6, 6.07) is -1.23. The van der Waals surface area contributed by atoms with Crippen LogP contribution in [-0.2, 0) is 9.53 Å². The fraction of sp³-hybridized carbons (Fsp3) is 0.857. The van der Waals surface area contributed by atoms with Gasteiger partial charge in [-0.15, -0.1) is 0 Å². The largest absolute Gasteiger partial charge is 0.480 e. The first-order valence-corrected chi connectivity index (χ1v) is 7.07. The van der Waals surface area contributed by atoms with E-state index in [4.69, 9.17) is 9.84 Å². The number of hydrogen-bond acceptors (Lipinski definition) is 3. The van der Waals surface area contributed by atoms with Crippen LogP contribution >= 0.6 is 0 Å². The van der Waals surface area contributed by atoms with E-state index in [1.54, 1.807) is 20.8 Å². The van der Waals surface area contributed by atoms with Crippen LogP contribution in [0.3, 0.4) is 0 Å². The predicted octanol–water partition coefficient (Wildman–Crippen LogP) is 3.09. The van der Waals surface area contributed by atoms with Gasteiger partial charge in [-0.25, -0.2) is 9.59 Å². The Morgan fingerprint density at radius 3 is 2.09 bits per heavy atom. The van der Waals surface area contributed by atoms with Gasteiger partial charge >= 0.3 is 18.2 Å². The van der Waals surface area contributed by atoms with E-state index in [9.17, 15) is 22.8 Å². The van der Waals surface area contributed by atoms with E-state index in [-0.39, 0.29) is 25.7 Å². The van der Waals surface area contributed by atoms with Gasteiger partial charge in [0.25, 0.3) is 0 Å². The lowest BCUT2D eigenvalue weighted by Gasteiger charge is -2.71. The Labute approximate surface area is 126 Å². The topological polar surface area (TPSA) is 75.6 Å². The van der Waals surface area contributed by atoms with Gasteiger partial charge in [-0.1, -0.05) is 0 Å². The Kier molecular flexibility index (Phi) is 3.66. The molecule has 0 saturated heterocycles. The summed E-state index contributed by atoms with van der Waals surface area (Å²) in [5.41, 5.74) is -3.01. The number of aliphatic carboxylic acids is 1. The van der Waals surface area contributed by atoms with Crippen LogP contribution in [0.4, 0.5) is 18.0 Å². The standard InChI is InChI=1S/C14H20F3NO4/c1-11(2,3)22-10(21)18-8(9(19)20)4-12-5-13(6-12,7-12)14(15,16)17/h8H,4-7H2,1-3H3,(H,18,21)(H,19,20)/t8-,12?,13?/m1/s1. The maximum Gasteiger partial charge on any atom is 0.408 e. The summed E-state index contributed by atoms with van der Waals surface area (Å²) in [6.07, 6.45) is -5.27. The van der Waals surface area contributed by atoms with Gasteiger partial charge in [0.05, 0.1) is 5.41 Å². The molecule has 3 aliphatic rings. The predicted molar refractivity (Wildman–Crippen MR) is 70.2 cm³/mol. The summed E-state index contributed by atoms with van der Waals surface area (Å²) in [5.74, 6) is -1.27. The van der Waals surface area contributed by atoms with Crippen LogP contribution < -0.4 is 5.32 Å². The van der Waals surface area contributed by atoms with Crippen LogP contribution in [0.5, 0.6) is 0 Å². The van der Waals surface area contributed by atoms with E-state index in [1.165, 1.54) is 0 Å². The molecule has 0 aromatic rings. The molecule has 2 N–H and O–H groups in total. The van der Waals surface area contributed by atoms with E-state index in [1.807, 2.05) is 0 Å². The highest BCUT2D eigenvalue weighted by Crippen LogP contribution is 2.79. The van der Waals surface area contributed by atoms with Gasteiger partial charge in [0.15, 0.2) is 0 Å². The molecular weight excluding hydrogens is 303 g/mol. The van der Waals surface area contributed by atoms with Gasteiger partial charge < -0.3 is 15.2 Å². The van der Waals surface area contributed by atoms with E-state index in [0.717, 1.165) is 0 Å². The summed E-state index contributed by atoms with van der Waals surface area (Å²) in [7, 11) is 0. The first-order valence-electron chi connectivity index (χ1n) is 7.07. The molecule has 0 unspecified atom stereocenters. The number of hydrogen-bond donors (Lipinski definition) is 2. The summed E-state index contributed by atoms with van der Waals surface area (Å²) in [6.45, 7) is 4.91. The second-order valence-corrected chi connectivity index (χ2v) is 7.55. The quantitative estimate of drug-likeness (QED) is 0.833. The average molecular weight is 323 g/mol. The second-order valence-electron chi connectivity index (χ2n) is 7.55. The van der Waals surface area contributed by atoms with Gasteiger partial charge in [-0.05, 0) is 51.9 Å². The van der Waals surface area contributed by atoms with Crippen molar-refractivity contribution in [2.75, 3.05) is 0 Å². The lowest BCUT2D eigenvalue weighted by Crippen LogP contribution is -2.69.